The van der Waals surface area contributed by atoms with Crippen molar-refractivity contribution in [2.45, 2.75) is 13.3 Å². The zero-order valence-electron chi connectivity index (χ0n) is 7.63. The van der Waals surface area contributed by atoms with Crippen molar-refractivity contribution in [1.82, 2.24) is 0 Å². The summed E-state index contributed by atoms with van der Waals surface area (Å²) in [6.07, 6.45) is 4.64. The van der Waals surface area contributed by atoms with Gasteiger partial charge in [-0.2, -0.15) is 0 Å². The number of ether oxygens (including phenoxy) is 1. The van der Waals surface area contributed by atoms with E-state index in [0.29, 0.717) is 12.5 Å². The van der Waals surface area contributed by atoms with E-state index in [1.54, 1.807) is 6.08 Å². The molecular weight excluding hydrogens is 232 g/mol. The van der Waals surface area contributed by atoms with Crippen LogP contribution < -0.4 is 0 Å². The number of carbonyl (C=O) groups excluding carboxylic acids is 1. The second-order valence-electron chi connectivity index (χ2n) is 3.01. The number of carbonyl (C=O) groups is 1. The van der Waals surface area contributed by atoms with Gasteiger partial charge < -0.3 is 4.74 Å². The van der Waals surface area contributed by atoms with Crippen LogP contribution in [-0.2, 0) is 9.53 Å². The van der Waals surface area contributed by atoms with Gasteiger partial charge in [0.15, 0.2) is 0 Å². The minimum Gasteiger partial charge on any atom is -0.466 e. The molecule has 1 aliphatic rings. The fourth-order valence-electron chi connectivity index (χ4n) is 1.19. The Hall–Kier alpha value is -0.570. The van der Waals surface area contributed by atoms with E-state index in [4.69, 9.17) is 4.74 Å². The lowest BCUT2D eigenvalue weighted by Crippen LogP contribution is -2.06. The Bertz CT molecular complexity index is 245. The summed E-state index contributed by atoms with van der Waals surface area (Å²) in [7, 11) is 0. The first kappa shape index (κ1) is 10.5. The topological polar surface area (TPSA) is 26.3 Å². The predicted octanol–water partition coefficient (Wildman–Crippen LogP) is 2.65. The maximum Gasteiger partial charge on any atom is 0.309 e. The normalized spacial score (nSPS) is 26.8. The van der Waals surface area contributed by atoms with Crippen LogP contribution in [0.4, 0.5) is 0 Å². The molecule has 0 N–H and O–H groups in total. The van der Waals surface area contributed by atoms with Gasteiger partial charge in [-0.05, 0) is 19.3 Å². The third-order valence-corrected chi connectivity index (χ3v) is 2.59. The second kappa shape index (κ2) is 4.61. The molecule has 0 radical (unpaired) electrons. The molecule has 3 heteroatoms. The van der Waals surface area contributed by atoms with Crippen LogP contribution in [0.5, 0.6) is 0 Å². The van der Waals surface area contributed by atoms with Crippen LogP contribution >= 0.6 is 15.9 Å². The molecule has 0 amide bonds. The van der Waals surface area contributed by atoms with E-state index in [-0.39, 0.29) is 11.9 Å². The van der Waals surface area contributed by atoms with E-state index < -0.39 is 0 Å². The van der Waals surface area contributed by atoms with Crippen LogP contribution in [0.3, 0.4) is 0 Å². The molecule has 1 fully saturated rings. The van der Waals surface area contributed by atoms with Gasteiger partial charge in [0, 0.05) is 4.48 Å². The van der Waals surface area contributed by atoms with Gasteiger partial charge >= 0.3 is 5.97 Å². The number of esters is 1. The maximum absolute atomic E-state index is 11.2. The van der Waals surface area contributed by atoms with Gasteiger partial charge in [0.25, 0.3) is 0 Å². The van der Waals surface area contributed by atoms with Crippen molar-refractivity contribution < 1.29 is 9.53 Å². The lowest BCUT2D eigenvalue weighted by molar-refractivity contribution is -0.144. The summed E-state index contributed by atoms with van der Waals surface area (Å²) in [6.45, 7) is 5.91. The predicted molar refractivity (Wildman–Crippen MR) is 55.4 cm³/mol. The molecule has 0 unspecified atom stereocenters. The van der Waals surface area contributed by atoms with Gasteiger partial charge in [0.1, 0.15) is 0 Å². The van der Waals surface area contributed by atoms with Gasteiger partial charge in [-0.3, -0.25) is 4.79 Å². The highest BCUT2D eigenvalue weighted by atomic mass is 79.9. The fraction of sp³-hybridized carbons (Fsp3) is 0.500. The van der Waals surface area contributed by atoms with Crippen LogP contribution in [0.25, 0.3) is 0 Å². The van der Waals surface area contributed by atoms with Crippen LogP contribution in [0.1, 0.15) is 13.3 Å². The van der Waals surface area contributed by atoms with E-state index in [2.05, 4.69) is 22.5 Å². The second-order valence-corrected chi connectivity index (χ2v) is 3.93. The van der Waals surface area contributed by atoms with Crippen LogP contribution in [0.2, 0.25) is 0 Å². The summed E-state index contributed by atoms with van der Waals surface area (Å²) in [4.78, 5) is 11.2. The Balaban J connectivity index is 2.38. The maximum atomic E-state index is 11.2. The van der Waals surface area contributed by atoms with Gasteiger partial charge in [-0.25, -0.2) is 0 Å². The molecule has 2 atom stereocenters. The minimum atomic E-state index is -0.0758. The lowest BCUT2D eigenvalue weighted by atomic mass is 10.3. The van der Waals surface area contributed by atoms with E-state index in [0.717, 1.165) is 10.9 Å². The number of halogens is 1. The number of rotatable bonds is 4. The largest absolute Gasteiger partial charge is 0.466 e. The SMILES string of the molecule is C=C/C(Br)=C/[C@@H]1C[C@H]1C(=O)OCC. The Morgan fingerprint density at radius 3 is 3.00 bits per heavy atom. The molecule has 1 aliphatic carbocycles. The highest BCUT2D eigenvalue weighted by molar-refractivity contribution is 9.11. The molecule has 0 aliphatic heterocycles. The molecule has 72 valence electrons. The number of allylic oxidation sites excluding steroid dienone is 3. The third kappa shape index (κ3) is 2.99. The van der Waals surface area contributed by atoms with Crippen molar-refractivity contribution in [3.63, 3.8) is 0 Å². The first-order chi connectivity index (χ1) is 6.19. The molecular formula is C10H13BrO2. The molecule has 2 nitrogen and oxygen atoms in total. The van der Waals surface area contributed by atoms with Crippen molar-refractivity contribution in [1.29, 1.82) is 0 Å². The van der Waals surface area contributed by atoms with Gasteiger partial charge in [0.2, 0.25) is 0 Å². The molecule has 13 heavy (non-hydrogen) atoms. The quantitative estimate of drug-likeness (QED) is 0.562. The summed E-state index contributed by atoms with van der Waals surface area (Å²) in [6, 6.07) is 0. The Kier molecular flexibility index (Phi) is 3.72. The van der Waals surface area contributed by atoms with Crippen LogP contribution in [-0.4, -0.2) is 12.6 Å². The lowest BCUT2D eigenvalue weighted by Gasteiger charge is -1.98. The van der Waals surface area contributed by atoms with Gasteiger partial charge in [-0.15, -0.1) is 0 Å². The average molecular weight is 245 g/mol. The Labute approximate surface area is 86.8 Å². The van der Waals surface area contributed by atoms with Crippen LogP contribution in [0.15, 0.2) is 23.2 Å². The molecule has 0 aromatic heterocycles. The molecule has 0 spiro atoms. The van der Waals surface area contributed by atoms with Crippen LogP contribution in [0, 0.1) is 11.8 Å². The molecule has 0 saturated heterocycles. The molecule has 0 aromatic carbocycles. The minimum absolute atomic E-state index is 0.0758. The molecule has 1 rings (SSSR count). The molecule has 0 heterocycles. The number of hydrogen-bond acceptors (Lipinski definition) is 2. The van der Waals surface area contributed by atoms with Crippen molar-refractivity contribution in [3.8, 4) is 0 Å². The molecule has 0 bridgehead atoms. The molecule has 1 saturated carbocycles. The first-order valence-corrected chi connectivity index (χ1v) is 5.14. The summed E-state index contributed by atoms with van der Waals surface area (Å²) in [5, 5.41) is 0. The molecule has 0 aromatic rings. The summed E-state index contributed by atoms with van der Waals surface area (Å²) < 4.78 is 5.85. The van der Waals surface area contributed by atoms with E-state index in [1.165, 1.54) is 0 Å². The zero-order chi connectivity index (χ0) is 9.84. The van der Waals surface area contributed by atoms with E-state index in [9.17, 15) is 4.79 Å². The fourth-order valence-corrected chi connectivity index (χ4v) is 1.53. The van der Waals surface area contributed by atoms with E-state index in [1.807, 2.05) is 13.0 Å². The van der Waals surface area contributed by atoms with Gasteiger partial charge in [-0.1, -0.05) is 34.7 Å². The van der Waals surface area contributed by atoms with Crippen molar-refractivity contribution in [3.05, 3.63) is 23.2 Å². The third-order valence-electron chi connectivity index (χ3n) is 2.00. The summed E-state index contributed by atoms with van der Waals surface area (Å²) in [5.41, 5.74) is 0. The van der Waals surface area contributed by atoms with Gasteiger partial charge in [0.05, 0.1) is 12.5 Å². The highest BCUT2D eigenvalue weighted by Gasteiger charge is 2.42. The summed E-state index contributed by atoms with van der Waals surface area (Å²) >= 11 is 3.32. The van der Waals surface area contributed by atoms with E-state index >= 15 is 0 Å². The van der Waals surface area contributed by atoms with Crippen molar-refractivity contribution in [2.24, 2.45) is 11.8 Å². The zero-order valence-corrected chi connectivity index (χ0v) is 9.21. The standard InChI is InChI=1S/C10H13BrO2/c1-3-8(11)5-7-6-9(7)10(12)13-4-2/h3,5,7,9H,1,4,6H2,2H3/b8-5-/t7-,9-/m1/s1. The Morgan fingerprint density at radius 2 is 2.46 bits per heavy atom. The highest BCUT2D eigenvalue weighted by Crippen LogP contribution is 2.41. The number of hydrogen-bond donors (Lipinski definition) is 0. The Morgan fingerprint density at radius 1 is 1.77 bits per heavy atom. The smallest absolute Gasteiger partial charge is 0.309 e. The van der Waals surface area contributed by atoms with Crippen molar-refractivity contribution >= 4 is 21.9 Å². The van der Waals surface area contributed by atoms with Crippen molar-refractivity contribution in [2.75, 3.05) is 6.61 Å². The average Bonchev–Trinajstić information content (AvgIpc) is 2.84. The first-order valence-electron chi connectivity index (χ1n) is 4.35. The summed E-state index contributed by atoms with van der Waals surface area (Å²) in [5.74, 6) is 0.340. The monoisotopic (exact) mass is 244 g/mol.